The minimum absolute atomic E-state index is 0.0104. The first kappa shape index (κ1) is 14.3. The van der Waals surface area contributed by atoms with E-state index in [1.807, 2.05) is 11.8 Å². The Morgan fingerprint density at radius 3 is 2.58 bits per heavy atom. The first-order valence-corrected chi connectivity index (χ1v) is 7.12. The molecule has 1 unspecified atom stereocenters. The number of hydrogen-bond donors (Lipinski definition) is 0. The van der Waals surface area contributed by atoms with Crippen LogP contribution < -0.4 is 0 Å². The van der Waals surface area contributed by atoms with Crippen molar-refractivity contribution in [2.24, 2.45) is 5.92 Å². The largest absolute Gasteiger partial charge is 0.339 e. The van der Waals surface area contributed by atoms with E-state index in [2.05, 4.69) is 0 Å². The van der Waals surface area contributed by atoms with Crippen molar-refractivity contribution in [3.05, 3.63) is 35.1 Å². The maximum Gasteiger partial charge on any atom is 0.253 e. The van der Waals surface area contributed by atoms with E-state index in [1.54, 1.807) is 19.1 Å². The van der Waals surface area contributed by atoms with Crippen molar-refractivity contribution in [3.8, 4) is 0 Å². The molecule has 1 amide bonds. The van der Waals surface area contributed by atoms with Crippen molar-refractivity contribution in [1.29, 1.82) is 0 Å². The van der Waals surface area contributed by atoms with E-state index in [-0.39, 0.29) is 17.1 Å². The van der Waals surface area contributed by atoms with Crippen LogP contribution in [0.2, 0.25) is 0 Å². The molecular formula is C15H19ClFNO. The van der Waals surface area contributed by atoms with E-state index in [4.69, 9.17) is 11.6 Å². The molecule has 0 aromatic heterocycles. The molecule has 0 radical (unpaired) electrons. The summed E-state index contributed by atoms with van der Waals surface area (Å²) in [6.07, 6.45) is 1.88. The van der Waals surface area contributed by atoms with Gasteiger partial charge in [-0.1, -0.05) is 0 Å². The van der Waals surface area contributed by atoms with Gasteiger partial charge in [-0.25, -0.2) is 4.39 Å². The molecule has 1 aliphatic heterocycles. The third-order valence-electron chi connectivity index (χ3n) is 3.88. The zero-order chi connectivity index (χ0) is 14.0. The smallest absolute Gasteiger partial charge is 0.253 e. The lowest BCUT2D eigenvalue weighted by molar-refractivity contribution is 0.0690. The molecule has 1 aromatic carbocycles. The highest BCUT2D eigenvalue weighted by Crippen LogP contribution is 2.25. The second-order valence-corrected chi connectivity index (χ2v) is 5.96. The van der Waals surface area contributed by atoms with Crippen LogP contribution >= 0.6 is 11.6 Å². The van der Waals surface area contributed by atoms with Crippen molar-refractivity contribution in [1.82, 2.24) is 4.90 Å². The topological polar surface area (TPSA) is 20.3 Å². The Kier molecular flexibility index (Phi) is 4.46. The molecule has 0 aliphatic carbocycles. The number of nitrogens with zero attached hydrogens (tertiary/aromatic N) is 1. The zero-order valence-electron chi connectivity index (χ0n) is 11.3. The molecule has 0 spiro atoms. The summed E-state index contributed by atoms with van der Waals surface area (Å²) in [6.45, 7) is 5.15. The van der Waals surface area contributed by atoms with Crippen LogP contribution in [0.3, 0.4) is 0 Å². The van der Waals surface area contributed by atoms with Crippen molar-refractivity contribution in [3.63, 3.8) is 0 Å². The fourth-order valence-corrected chi connectivity index (χ4v) is 2.77. The highest BCUT2D eigenvalue weighted by Gasteiger charge is 2.26. The average molecular weight is 284 g/mol. The Labute approximate surface area is 118 Å². The molecule has 19 heavy (non-hydrogen) atoms. The molecule has 1 heterocycles. The van der Waals surface area contributed by atoms with Crippen LogP contribution in [-0.2, 0) is 0 Å². The van der Waals surface area contributed by atoms with Gasteiger partial charge in [0.1, 0.15) is 5.82 Å². The van der Waals surface area contributed by atoms with Crippen LogP contribution in [0.15, 0.2) is 18.2 Å². The van der Waals surface area contributed by atoms with Crippen molar-refractivity contribution in [2.75, 3.05) is 13.1 Å². The maximum absolute atomic E-state index is 13.2. The Morgan fingerprint density at radius 1 is 1.42 bits per heavy atom. The minimum Gasteiger partial charge on any atom is -0.339 e. The quantitative estimate of drug-likeness (QED) is 0.759. The molecule has 1 aromatic rings. The zero-order valence-corrected chi connectivity index (χ0v) is 12.1. The Morgan fingerprint density at radius 2 is 2.05 bits per heavy atom. The van der Waals surface area contributed by atoms with Gasteiger partial charge in [0.2, 0.25) is 0 Å². The Balaban J connectivity index is 2.03. The lowest BCUT2D eigenvalue weighted by atomic mass is 9.93. The van der Waals surface area contributed by atoms with Crippen LogP contribution in [-0.4, -0.2) is 29.3 Å². The summed E-state index contributed by atoms with van der Waals surface area (Å²) in [7, 11) is 0. The standard InChI is InChI=1S/C15H19ClFNO/c1-10-9-13(3-4-14(10)17)15(19)18-7-5-12(6-8-18)11(2)16/h3-4,9,11-12H,5-8H2,1-2H3. The third kappa shape index (κ3) is 3.27. The average Bonchev–Trinajstić information content (AvgIpc) is 2.41. The van der Waals surface area contributed by atoms with Gasteiger partial charge in [0.25, 0.3) is 5.91 Å². The molecule has 0 saturated carbocycles. The molecule has 1 aliphatic rings. The lowest BCUT2D eigenvalue weighted by Gasteiger charge is -2.33. The van der Waals surface area contributed by atoms with Crippen LogP contribution in [0.25, 0.3) is 0 Å². The molecule has 0 bridgehead atoms. The predicted molar refractivity (Wildman–Crippen MR) is 75.1 cm³/mol. The van der Waals surface area contributed by atoms with Crippen LogP contribution in [0, 0.1) is 18.7 Å². The van der Waals surface area contributed by atoms with Gasteiger partial charge in [-0.05, 0) is 56.4 Å². The summed E-state index contributed by atoms with van der Waals surface area (Å²) < 4.78 is 13.2. The van der Waals surface area contributed by atoms with E-state index in [1.165, 1.54) is 6.07 Å². The third-order valence-corrected chi connectivity index (χ3v) is 4.24. The number of amides is 1. The number of aryl methyl sites for hydroxylation is 1. The second kappa shape index (κ2) is 5.91. The fourth-order valence-electron chi connectivity index (χ4n) is 2.52. The van der Waals surface area contributed by atoms with Gasteiger partial charge < -0.3 is 4.90 Å². The number of carbonyl (C=O) groups is 1. The maximum atomic E-state index is 13.2. The molecule has 1 fully saturated rings. The lowest BCUT2D eigenvalue weighted by Crippen LogP contribution is -2.40. The highest BCUT2D eigenvalue weighted by atomic mass is 35.5. The highest BCUT2D eigenvalue weighted by molar-refractivity contribution is 6.20. The van der Waals surface area contributed by atoms with Crippen molar-refractivity contribution in [2.45, 2.75) is 32.1 Å². The van der Waals surface area contributed by atoms with Crippen LogP contribution in [0.4, 0.5) is 4.39 Å². The number of benzene rings is 1. The van der Waals surface area contributed by atoms with Gasteiger partial charge in [-0.3, -0.25) is 4.79 Å². The number of piperidine rings is 1. The summed E-state index contributed by atoms with van der Waals surface area (Å²) in [4.78, 5) is 14.1. The molecule has 0 N–H and O–H groups in total. The van der Waals surface area contributed by atoms with Gasteiger partial charge >= 0.3 is 0 Å². The molecule has 1 atom stereocenters. The molecular weight excluding hydrogens is 265 g/mol. The number of likely N-dealkylation sites (tertiary alicyclic amines) is 1. The predicted octanol–water partition coefficient (Wildman–Crippen LogP) is 3.61. The van der Waals surface area contributed by atoms with Gasteiger partial charge in [0.15, 0.2) is 0 Å². The van der Waals surface area contributed by atoms with Gasteiger partial charge in [-0.15, -0.1) is 11.6 Å². The SMILES string of the molecule is Cc1cc(C(=O)N2CCC(C(C)Cl)CC2)ccc1F. The summed E-state index contributed by atoms with van der Waals surface area (Å²) in [5.74, 6) is 0.204. The second-order valence-electron chi connectivity index (χ2n) is 5.27. The fraction of sp³-hybridized carbons (Fsp3) is 0.533. The number of rotatable bonds is 2. The van der Waals surface area contributed by atoms with E-state index >= 15 is 0 Å². The van der Waals surface area contributed by atoms with E-state index in [9.17, 15) is 9.18 Å². The normalized spacial score (nSPS) is 18.4. The molecule has 2 rings (SSSR count). The molecule has 4 heteroatoms. The van der Waals surface area contributed by atoms with Gasteiger partial charge in [0, 0.05) is 24.0 Å². The monoisotopic (exact) mass is 283 g/mol. The molecule has 104 valence electrons. The van der Waals surface area contributed by atoms with Gasteiger partial charge in [-0.2, -0.15) is 0 Å². The van der Waals surface area contributed by atoms with Crippen molar-refractivity contribution >= 4 is 17.5 Å². The molecule has 2 nitrogen and oxygen atoms in total. The van der Waals surface area contributed by atoms with Crippen molar-refractivity contribution < 1.29 is 9.18 Å². The Bertz CT molecular complexity index is 467. The molecule has 1 saturated heterocycles. The Hall–Kier alpha value is -1.09. The van der Waals surface area contributed by atoms with Gasteiger partial charge in [0.05, 0.1) is 0 Å². The number of halogens is 2. The number of carbonyl (C=O) groups excluding carboxylic acids is 1. The summed E-state index contributed by atoms with van der Waals surface area (Å²) in [5, 5.41) is 0.158. The summed E-state index contributed by atoms with van der Waals surface area (Å²) in [5.41, 5.74) is 1.08. The van der Waals surface area contributed by atoms with Crippen LogP contribution in [0.5, 0.6) is 0 Å². The van der Waals surface area contributed by atoms with E-state index in [0.29, 0.717) is 17.0 Å². The number of hydrogen-bond acceptors (Lipinski definition) is 1. The van der Waals surface area contributed by atoms with Crippen LogP contribution in [0.1, 0.15) is 35.7 Å². The minimum atomic E-state index is -0.272. The summed E-state index contributed by atoms with van der Waals surface area (Å²) >= 11 is 6.09. The first-order chi connectivity index (χ1) is 8.99. The number of alkyl halides is 1. The van der Waals surface area contributed by atoms with E-state index < -0.39 is 0 Å². The van der Waals surface area contributed by atoms with E-state index in [0.717, 1.165) is 25.9 Å². The first-order valence-electron chi connectivity index (χ1n) is 6.68. The summed E-state index contributed by atoms with van der Waals surface area (Å²) in [6, 6.07) is 4.53.